The number of benzene rings is 1. The van der Waals surface area contributed by atoms with E-state index in [4.69, 9.17) is 0 Å². The predicted octanol–water partition coefficient (Wildman–Crippen LogP) is 3.45. The molecule has 4 heterocycles. The molecule has 0 atom stereocenters. The number of amides is 1. The van der Waals surface area contributed by atoms with Crippen molar-refractivity contribution < 1.29 is 4.79 Å². The Morgan fingerprint density at radius 2 is 1.86 bits per heavy atom. The average molecular weight is 473 g/mol. The molecular formula is C26H32N8O. The fourth-order valence-electron chi connectivity index (χ4n) is 5.19. The molecule has 9 nitrogen and oxygen atoms in total. The number of nitrogens with zero attached hydrogens (tertiary/aromatic N) is 6. The van der Waals surface area contributed by atoms with Crippen molar-refractivity contribution in [1.29, 1.82) is 0 Å². The van der Waals surface area contributed by atoms with Crippen molar-refractivity contribution in [1.82, 2.24) is 29.5 Å². The minimum absolute atomic E-state index is 0.214. The first-order valence-electron chi connectivity index (χ1n) is 12.5. The minimum atomic E-state index is -0.214. The van der Waals surface area contributed by atoms with Crippen LogP contribution in [0, 0.1) is 19.8 Å². The standard InChI is InChI=1S/C26H32N8O/c1-16-13-34-15-23(29-25(34)17(2)28-16)30-26(35)20-6-7-22(21-14-32(3)31-24(20)21)33-10-8-19(9-11-33)27-12-18-4-5-18/h6-7,13-15,18-19,27H,4-5,8-12H2,1-3H3,(H,30,35). The fourth-order valence-corrected chi connectivity index (χ4v) is 5.19. The number of fused-ring (bicyclic) bond motifs is 2. The van der Waals surface area contributed by atoms with Crippen LogP contribution in [0.25, 0.3) is 16.6 Å². The van der Waals surface area contributed by atoms with E-state index < -0.39 is 0 Å². The number of imidazole rings is 1. The van der Waals surface area contributed by atoms with Gasteiger partial charge in [-0.05, 0) is 64.1 Å². The fraction of sp³-hybridized carbons (Fsp3) is 0.462. The van der Waals surface area contributed by atoms with Crippen LogP contribution in [0.15, 0.2) is 30.7 Å². The third kappa shape index (κ3) is 4.36. The second-order valence-electron chi connectivity index (χ2n) is 10.1. The Morgan fingerprint density at radius 1 is 1.06 bits per heavy atom. The van der Waals surface area contributed by atoms with Gasteiger partial charge in [0.1, 0.15) is 5.52 Å². The van der Waals surface area contributed by atoms with Crippen LogP contribution < -0.4 is 15.5 Å². The van der Waals surface area contributed by atoms with Gasteiger partial charge in [-0.1, -0.05) is 0 Å². The van der Waals surface area contributed by atoms with Crippen molar-refractivity contribution in [3.8, 4) is 0 Å². The molecule has 3 aromatic heterocycles. The SMILES string of the molecule is Cc1cn2cc(NC(=O)c3ccc(N4CCC(NCC5CC5)CC4)c4cn(C)nc34)nc2c(C)n1. The van der Waals surface area contributed by atoms with Crippen LogP contribution in [0.5, 0.6) is 0 Å². The highest BCUT2D eigenvalue weighted by Crippen LogP contribution is 2.32. The molecule has 9 heteroatoms. The molecule has 2 N–H and O–H groups in total. The first-order chi connectivity index (χ1) is 16.9. The summed E-state index contributed by atoms with van der Waals surface area (Å²) < 4.78 is 3.69. The number of anilines is 2. The van der Waals surface area contributed by atoms with Crippen LogP contribution in [0.2, 0.25) is 0 Å². The molecule has 1 saturated carbocycles. The molecule has 0 unspecified atom stereocenters. The van der Waals surface area contributed by atoms with E-state index in [1.807, 2.05) is 50.0 Å². The zero-order valence-electron chi connectivity index (χ0n) is 20.6. The second-order valence-corrected chi connectivity index (χ2v) is 10.1. The molecule has 6 rings (SSSR count). The molecule has 0 radical (unpaired) electrons. The van der Waals surface area contributed by atoms with Gasteiger partial charge in [0.25, 0.3) is 5.91 Å². The number of rotatable bonds is 6. The van der Waals surface area contributed by atoms with Gasteiger partial charge in [-0.2, -0.15) is 5.10 Å². The van der Waals surface area contributed by atoms with Crippen LogP contribution >= 0.6 is 0 Å². The van der Waals surface area contributed by atoms with Crippen molar-refractivity contribution in [2.45, 2.75) is 45.6 Å². The lowest BCUT2D eigenvalue weighted by Gasteiger charge is -2.34. The molecule has 35 heavy (non-hydrogen) atoms. The maximum absolute atomic E-state index is 13.3. The lowest BCUT2D eigenvalue weighted by molar-refractivity contribution is 0.102. The topological polar surface area (TPSA) is 92.4 Å². The van der Waals surface area contributed by atoms with Gasteiger partial charge in [0, 0.05) is 49.6 Å². The lowest BCUT2D eigenvalue weighted by Crippen LogP contribution is -2.43. The third-order valence-electron chi connectivity index (χ3n) is 7.21. The molecule has 1 aliphatic heterocycles. The van der Waals surface area contributed by atoms with Crippen molar-refractivity contribution in [3.63, 3.8) is 0 Å². The van der Waals surface area contributed by atoms with E-state index in [0.717, 1.165) is 60.0 Å². The molecule has 1 aromatic carbocycles. The maximum Gasteiger partial charge on any atom is 0.259 e. The van der Waals surface area contributed by atoms with Crippen LogP contribution in [-0.4, -0.2) is 55.7 Å². The molecule has 1 aliphatic carbocycles. The van der Waals surface area contributed by atoms with Gasteiger partial charge in [0.05, 0.1) is 23.1 Å². The highest BCUT2D eigenvalue weighted by molar-refractivity contribution is 6.13. The third-order valence-corrected chi connectivity index (χ3v) is 7.21. The lowest BCUT2D eigenvalue weighted by atomic mass is 10.0. The average Bonchev–Trinajstić information content (AvgIpc) is 3.45. The Morgan fingerprint density at radius 3 is 2.63 bits per heavy atom. The monoisotopic (exact) mass is 472 g/mol. The van der Waals surface area contributed by atoms with Crippen molar-refractivity contribution in [3.05, 3.63) is 47.7 Å². The number of carbonyl (C=O) groups excluding carboxylic acids is 1. The normalized spacial score (nSPS) is 16.9. The van der Waals surface area contributed by atoms with Gasteiger partial charge in [0.2, 0.25) is 0 Å². The molecule has 1 amide bonds. The van der Waals surface area contributed by atoms with E-state index >= 15 is 0 Å². The highest BCUT2D eigenvalue weighted by atomic mass is 16.1. The highest BCUT2D eigenvalue weighted by Gasteiger charge is 2.26. The largest absolute Gasteiger partial charge is 0.371 e. The molecule has 4 aromatic rings. The summed E-state index contributed by atoms with van der Waals surface area (Å²) in [6.45, 7) is 7.04. The first-order valence-corrected chi connectivity index (χ1v) is 12.5. The molecule has 0 bridgehead atoms. The van der Waals surface area contributed by atoms with E-state index in [0.29, 0.717) is 22.9 Å². The Kier molecular flexibility index (Phi) is 5.44. The smallest absolute Gasteiger partial charge is 0.259 e. The number of piperidine rings is 1. The summed E-state index contributed by atoms with van der Waals surface area (Å²) in [6.07, 6.45) is 10.8. The van der Waals surface area contributed by atoms with Gasteiger partial charge >= 0.3 is 0 Å². The molecular weight excluding hydrogens is 440 g/mol. The molecule has 2 fully saturated rings. The quantitative estimate of drug-likeness (QED) is 0.447. The zero-order valence-corrected chi connectivity index (χ0v) is 20.6. The van der Waals surface area contributed by atoms with Crippen LogP contribution in [-0.2, 0) is 7.05 Å². The van der Waals surface area contributed by atoms with E-state index in [-0.39, 0.29) is 5.91 Å². The summed E-state index contributed by atoms with van der Waals surface area (Å²) in [5.41, 5.74) is 4.88. The summed E-state index contributed by atoms with van der Waals surface area (Å²) in [7, 11) is 1.90. The minimum Gasteiger partial charge on any atom is -0.371 e. The van der Waals surface area contributed by atoms with E-state index in [9.17, 15) is 4.79 Å². The summed E-state index contributed by atoms with van der Waals surface area (Å²) >= 11 is 0. The Labute approximate surface area is 204 Å². The van der Waals surface area contributed by atoms with Crippen molar-refractivity contribution in [2.24, 2.45) is 13.0 Å². The number of nitrogens with one attached hydrogen (secondary N) is 2. The number of hydrogen-bond donors (Lipinski definition) is 2. The maximum atomic E-state index is 13.3. The zero-order chi connectivity index (χ0) is 24.1. The van der Waals surface area contributed by atoms with Crippen molar-refractivity contribution >= 4 is 34.0 Å². The Bertz CT molecular complexity index is 1410. The van der Waals surface area contributed by atoms with Gasteiger partial charge in [-0.15, -0.1) is 0 Å². The molecule has 1 saturated heterocycles. The number of aromatic nitrogens is 5. The summed E-state index contributed by atoms with van der Waals surface area (Å²) in [6, 6.07) is 4.57. The number of carbonyl (C=O) groups is 1. The summed E-state index contributed by atoms with van der Waals surface area (Å²) in [5.74, 6) is 1.19. The predicted molar refractivity (Wildman–Crippen MR) is 137 cm³/mol. The van der Waals surface area contributed by atoms with Gasteiger partial charge in [-0.25, -0.2) is 4.98 Å². The van der Waals surface area contributed by atoms with Crippen LogP contribution in [0.3, 0.4) is 0 Å². The molecule has 2 aliphatic rings. The first kappa shape index (κ1) is 22.0. The molecule has 0 spiro atoms. The van der Waals surface area contributed by atoms with Crippen LogP contribution in [0.1, 0.15) is 47.4 Å². The number of hydrogen-bond acceptors (Lipinski definition) is 6. The molecule has 182 valence electrons. The van der Waals surface area contributed by atoms with Gasteiger partial charge < -0.3 is 19.9 Å². The van der Waals surface area contributed by atoms with E-state index in [2.05, 4.69) is 36.7 Å². The second kappa shape index (κ2) is 8.64. The summed E-state index contributed by atoms with van der Waals surface area (Å²) in [5, 5.41) is 12.4. The Hall–Kier alpha value is -3.46. The number of aryl methyl sites for hydroxylation is 3. The van der Waals surface area contributed by atoms with Crippen molar-refractivity contribution in [2.75, 3.05) is 29.9 Å². The van der Waals surface area contributed by atoms with Gasteiger partial charge in [0.15, 0.2) is 11.5 Å². The van der Waals surface area contributed by atoms with Crippen LogP contribution in [0.4, 0.5) is 11.5 Å². The van der Waals surface area contributed by atoms with Gasteiger partial charge in [-0.3, -0.25) is 14.5 Å². The van der Waals surface area contributed by atoms with E-state index in [1.54, 1.807) is 4.68 Å². The summed E-state index contributed by atoms with van der Waals surface area (Å²) in [4.78, 5) is 24.7. The Balaban J connectivity index is 1.22. The van der Waals surface area contributed by atoms with E-state index in [1.165, 1.54) is 19.4 Å².